The van der Waals surface area contributed by atoms with Crippen molar-refractivity contribution in [3.63, 3.8) is 0 Å². The van der Waals surface area contributed by atoms with E-state index in [-0.39, 0.29) is 11.9 Å². The lowest BCUT2D eigenvalue weighted by Crippen LogP contribution is -2.37. The Morgan fingerprint density at radius 2 is 2.14 bits per heavy atom. The number of amides is 1. The Morgan fingerprint density at radius 3 is 2.71 bits per heavy atom. The molecule has 7 heteroatoms. The van der Waals surface area contributed by atoms with Crippen LogP contribution in [0.3, 0.4) is 0 Å². The van der Waals surface area contributed by atoms with E-state index in [1.54, 1.807) is 0 Å². The molecule has 3 rings (SSSR count). The van der Waals surface area contributed by atoms with Crippen molar-refractivity contribution in [2.24, 2.45) is 0 Å². The van der Waals surface area contributed by atoms with Gasteiger partial charge < -0.3 is 11.1 Å². The molecular weight excluding hydrogens is 286 g/mol. The highest BCUT2D eigenvalue weighted by Crippen LogP contribution is 2.28. The van der Waals surface area contributed by atoms with Gasteiger partial charge in [-0.25, -0.2) is 4.98 Å². The van der Waals surface area contributed by atoms with Crippen molar-refractivity contribution < 1.29 is 4.79 Å². The fraction of sp³-hybridized carbons (Fsp3) is 0.500. The van der Waals surface area contributed by atoms with Gasteiger partial charge in [0.15, 0.2) is 5.13 Å². The number of nitrogens with one attached hydrogen (secondary N) is 1. The number of nitrogen functional groups attached to an aromatic ring is 1. The van der Waals surface area contributed by atoms with Gasteiger partial charge in [0.1, 0.15) is 4.88 Å². The second-order valence-corrected chi connectivity index (χ2v) is 6.60. The summed E-state index contributed by atoms with van der Waals surface area (Å²) in [4.78, 5) is 16.6. The lowest BCUT2D eigenvalue weighted by molar-refractivity contribution is 0.0925. The molecule has 1 fully saturated rings. The van der Waals surface area contributed by atoms with Gasteiger partial charge in [-0.1, -0.05) is 11.3 Å². The summed E-state index contributed by atoms with van der Waals surface area (Å²) in [6.45, 7) is 2.05. The fourth-order valence-electron chi connectivity index (χ4n) is 2.77. The van der Waals surface area contributed by atoms with Crippen LogP contribution in [-0.4, -0.2) is 26.7 Å². The van der Waals surface area contributed by atoms with Gasteiger partial charge in [-0.15, -0.1) is 0 Å². The molecule has 0 atom stereocenters. The first-order valence-electron chi connectivity index (χ1n) is 7.15. The van der Waals surface area contributed by atoms with E-state index in [1.807, 2.05) is 6.20 Å². The molecule has 6 nitrogen and oxygen atoms in total. The molecule has 1 aliphatic rings. The normalized spacial score (nSPS) is 22.1. The van der Waals surface area contributed by atoms with Gasteiger partial charge in [-0.05, 0) is 38.2 Å². The Balaban J connectivity index is 1.53. The summed E-state index contributed by atoms with van der Waals surface area (Å²) in [7, 11) is 0. The van der Waals surface area contributed by atoms with Crippen molar-refractivity contribution in [2.75, 3.05) is 5.73 Å². The molecule has 2 heterocycles. The van der Waals surface area contributed by atoms with Crippen LogP contribution in [0, 0.1) is 6.92 Å². The van der Waals surface area contributed by atoms with Gasteiger partial charge >= 0.3 is 0 Å². The molecule has 3 N–H and O–H groups in total. The second-order valence-electron chi connectivity index (χ2n) is 5.54. The van der Waals surface area contributed by atoms with Crippen molar-refractivity contribution in [1.82, 2.24) is 20.1 Å². The van der Waals surface area contributed by atoms with E-state index < -0.39 is 0 Å². The maximum atomic E-state index is 12.1. The van der Waals surface area contributed by atoms with Gasteiger partial charge in [0.2, 0.25) is 0 Å². The monoisotopic (exact) mass is 305 g/mol. The first kappa shape index (κ1) is 14.1. The van der Waals surface area contributed by atoms with E-state index in [4.69, 9.17) is 5.73 Å². The molecule has 1 saturated carbocycles. The predicted molar refractivity (Wildman–Crippen MR) is 82.2 cm³/mol. The van der Waals surface area contributed by atoms with Crippen LogP contribution in [0.1, 0.15) is 47.0 Å². The highest BCUT2D eigenvalue weighted by molar-refractivity contribution is 7.17. The van der Waals surface area contributed by atoms with Crippen LogP contribution >= 0.6 is 11.3 Å². The average molecular weight is 305 g/mol. The Labute approximate surface area is 127 Å². The summed E-state index contributed by atoms with van der Waals surface area (Å²) in [5, 5.41) is 7.89. The van der Waals surface area contributed by atoms with Crippen LogP contribution in [0.4, 0.5) is 5.13 Å². The van der Waals surface area contributed by atoms with Crippen LogP contribution in [0.5, 0.6) is 0 Å². The van der Waals surface area contributed by atoms with Crippen molar-refractivity contribution in [2.45, 2.75) is 44.7 Å². The molecule has 21 heavy (non-hydrogen) atoms. The average Bonchev–Trinajstić information content (AvgIpc) is 3.08. The number of hydrogen-bond donors (Lipinski definition) is 2. The van der Waals surface area contributed by atoms with Crippen molar-refractivity contribution in [1.29, 1.82) is 0 Å². The van der Waals surface area contributed by atoms with E-state index >= 15 is 0 Å². The molecule has 0 aliphatic heterocycles. The van der Waals surface area contributed by atoms with E-state index in [0.717, 1.165) is 25.7 Å². The Bertz CT molecular complexity index is 627. The molecule has 0 spiro atoms. The minimum atomic E-state index is -0.0671. The molecule has 1 amide bonds. The number of aryl methyl sites for hydroxylation is 1. The number of nitrogens with zero attached hydrogens (tertiary/aromatic N) is 3. The number of carbonyl (C=O) groups excluding carboxylic acids is 1. The predicted octanol–water partition coefficient (Wildman–Crippen LogP) is 2.14. The lowest BCUT2D eigenvalue weighted by Gasteiger charge is -2.29. The van der Waals surface area contributed by atoms with Crippen LogP contribution in [-0.2, 0) is 0 Å². The topological polar surface area (TPSA) is 85.8 Å². The molecule has 0 saturated heterocycles. The quantitative estimate of drug-likeness (QED) is 0.909. The number of rotatable bonds is 3. The first-order chi connectivity index (χ1) is 10.1. The van der Waals surface area contributed by atoms with Crippen LogP contribution < -0.4 is 11.1 Å². The molecule has 2 aromatic heterocycles. The minimum Gasteiger partial charge on any atom is -0.375 e. The second kappa shape index (κ2) is 5.85. The molecule has 0 radical (unpaired) electrons. The summed E-state index contributed by atoms with van der Waals surface area (Å²) in [5.41, 5.74) is 6.74. The Morgan fingerprint density at radius 1 is 1.38 bits per heavy atom. The van der Waals surface area contributed by atoms with Gasteiger partial charge in [0, 0.05) is 12.2 Å². The van der Waals surface area contributed by atoms with E-state index in [1.165, 1.54) is 23.1 Å². The molecule has 0 bridgehead atoms. The maximum absolute atomic E-state index is 12.1. The van der Waals surface area contributed by atoms with Gasteiger partial charge in [0.25, 0.3) is 5.91 Å². The molecule has 0 unspecified atom stereocenters. The summed E-state index contributed by atoms with van der Waals surface area (Å²) in [6, 6.07) is 0.680. The number of hydrogen-bond acceptors (Lipinski definition) is 5. The van der Waals surface area contributed by atoms with E-state index in [0.29, 0.717) is 16.1 Å². The zero-order valence-electron chi connectivity index (χ0n) is 12.0. The highest BCUT2D eigenvalue weighted by atomic mass is 32.1. The van der Waals surface area contributed by atoms with Crippen LogP contribution in [0.25, 0.3) is 0 Å². The molecule has 2 aromatic rings. The third-order valence-electron chi connectivity index (χ3n) is 3.88. The number of nitrogens with two attached hydrogens (primary N) is 1. The first-order valence-corrected chi connectivity index (χ1v) is 7.96. The van der Waals surface area contributed by atoms with Crippen LogP contribution in [0.2, 0.25) is 0 Å². The van der Waals surface area contributed by atoms with Crippen molar-refractivity contribution >= 4 is 22.4 Å². The van der Waals surface area contributed by atoms with Crippen LogP contribution in [0.15, 0.2) is 18.6 Å². The van der Waals surface area contributed by atoms with Gasteiger partial charge in [0.05, 0.1) is 18.4 Å². The van der Waals surface area contributed by atoms with E-state index in [9.17, 15) is 4.79 Å². The third kappa shape index (κ3) is 3.24. The fourth-order valence-corrected chi connectivity index (χ4v) is 3.35. The highest BCUT2D eigenvalue weighted by Gasteiger charge is 2.24. The lowest BCUT2D eigenvalue weighted by atomic mass is 9.91. The van der Waals surface area contributed by atoms with Gasteiger partial charge in [-0.2, -0.15) is 5.10 Å². The smallest absolute Gasteiger partial charge is 0.263 e. The van der Waals surface area contributed by atoms with Crippen molar-refractivity contribution in [3.05, 3.63) is 29.0 Å². The number of anilines is 1. The van der Waals surface area contributed by atoms with E-state index in [2.05, 4.69) is 33.2 Å². The summed E-state index contributed by atoms with van der Waals surface area (Å²) >= 11 is 1.23. The number of thiazole rings is 1. The maximum Gasteiger partial charge on any atom is 0.263 e. The zero-order valence-corrected chi connectivity index (χ0v) is 12.8. The Kier molecular flexibility index (Phi) is 3.92. The largest absolute Gasteiger partial charge is 0.375 e. The van der Waals surface area contributed by atoms with Crippen molar-refractivity contribution in [3.8, 4) is 0 Å². The minimum absolute atomic E-state index is 0.0671. The molecular formula is C14H19N5OS. The van der Waals surface area contributed by atoms with Gasteiger partial charge in [-0.3, -0.25) is 9.48 Å². The summed E-state index contributed by atoms with van der Waals surface area (Å²) in [5.74, 6) is -0.0671. The third-order valence-corrected chi connectivity index (χ3v) is 4.71. The molecule has 112 valence electrons. The summed E-state index contributed by atoms with van der Waals surface area (Å²) < 4.78 is 2.05. The Hall–Kier alpha value is -1.89. The number of carbonyl (C=O) groups is 1. The number of aromatic nitrogens is 3. The molecule has 0 aromatic carbocycles. The summed E-state index contributed by atoms with van der Waals surface area (Å²) in [6.07, 6.45) is 9.54. The molecule has 1 aliphatic carbocycles. The standard InChI is InChI=1S/C14H19N5OS/c1-9-6-17-19(8-9)11-4-2-10(3-5-11)18-13(20)12-7-16-14(15)21-12/h6-8,10-11H,2-5H2,1H3,(H2,15,16)(H,18,20). The SMILES string of the molecule is Cc1cnn(C2CCC(NC(=O)c3cnc(N)s3)CC2)c1. The zero-order chi connectivity index (χ0) is 14.8.